The van der Waals surface area contributed by atoms with Gasteiger partial charge in [0.2, 0.25) is 5.95 Å². The van der Waals surface area contributed by atoms with Crippen LogP contribution < -0.4 is 5.32 Å². The van der Waals surface area contributed by atoms with Crippen molar-refractivity contribution >= 4 is 5.95 Å². The lowest BCUT2D eigenvalue weighted by atomic mass is 9.82. The molecule has 1 rings (SSSR count). The van der Waals surface area contributed by atoms with E-state index in [4.69, 9.17) is 4.74 Å². The van der Waals surface area contributed by atoms with Gasteiger partial charge in [0.25, 0.3) is 0 Å². The van der Waals surface area contributed by atoms with Crippen molar-refractivity contribution in [3.05, 3.63) is 12.4 Å². The van der Waals surface area contributed by atoms with Crippen molar-refractivity contribution in [3.63, 3.8) is 0 Å². The zero-order valence-electron chi connectivity index (χ0n) is 11.7. The standard InChI is InChI=1S/C13H25N3O/c1-11(13(2,3)4)10-16-8-6-14-12(16)15-7-9-17-5/h6,8,11H,7,9-10H2,1-5H3,(H,14,15). The first-order chi connectivity index (χ1) is 7.95. The summed E-state index contributed by atoms with van der Waals surface area (Å²) in [6, 6.07) is 0. The summed E-state index contributed by atoms with van der Waals surface area (Å²) >= 11 is 0. The van der Waals surface area contributed by atoms with Gasteiger partial charge in [0.05, 0.1) is 6.61 Å². The number of nitrogens with one attached hydrogen (secondary N) is 1. The normalized spacial score (nSPS) is 13.7. The average Bonchev–Trinajstić information content (AvgIpc) is 2.65. The second kappa shape index (κ2) is 6.05. The molecule has 0 fully saturated rings. The molecule has 1 heterocycles. The van der Waals surface area contributed by atoms with Crippen LogP contribution in [0.5, 0.6) is 0 Å². The van der Waals surface area contributed by atoms with E-state index in [0.717, 1.165) is 19.0 Å². The van der Waals surface area contributed by atoms with E-state index in [1.807, 2.05) is 12.4 Å². The van der Waals surface area contributed by atoms with E-state index in [9.17, 15) is 0 Å². The summed E-state index contributed by atoms with van der Waals surface area (Å²) in [4.78, 5) is 4.32. The Balaban J connectivity index is 2.56. The van der Waals surface area contributed by atoms with Crippen molar-refractivity contribution in [3.8, 4) is 0 Å². The van der Waals surface area contributed by atoms with Crippen molar-refractivity contribution in [2.24, 2.45) is 11.3 Å². The Morgan fingerprint density at radius 2 is 2.18 bits per heavy atom. The highest BCUT2D eigenvalue weighted by Crippen LogP contribution is 2.27. The Hall–Kier alpha value is -1.03. The fraction of sp³-hybridized carbons (Fsp3) is 0.769. The number of nitrogens with zero attached hydrogens (tertiary/aromatic N) is 2. The van der Waals surface area contributed by atoms with Crippen LogP contribution in [0.25, 0.3) is 0 Å². The van der Waals surface area contributed by atoms with Gasteiger partial charge in [0.1, 0.15) is 0 Å². The molecular formula is C13H25N3O. The van der Waals surface area contributed by atoms with Gasteiger partial charge in [-0.15, -0.1) is 0 Å². The minimum Gasteiger partial charge on any atom is -0.383 e. The molecule has 0 aliphatic heterocycles. The molecule has 1 aromatic rings. The number of hydrogen-bond acceptors (Lipinski definition) is 3. The fourth-order valence-corrected chi connectivity index (χ4v) is 1.46. The lowest BCUT2D eigenvalue weighted by Crippen LogP contribution is -2.23. The first kappa shape index (κ1) is 14.0. The molecule has 0 aliphatic carbocycles. The van der Waals surface area contributed by atoms with Crippen LogP contribution in [0.2, 0.25) is 0 Å². The molecular weight excluding hydrogens is 214 g/mol. The van der Waals surface area contributed by atoms with Gasteiger partial charge in [0.15, 0.2) is 0 Å². The Morgan fingerprint density at radius 1 is 1.47 bits per heavy atom. The summed E-state index contributed by atoms with van der Waals surface area (Å²) in [7, 11) is 1.70. The summed E-state index contributed by atoms with van der Waals surface area (Å²) in [5, 5.41) is 3.28. The van der Waals surface area contributed by atoms with Gasteiger partial charge in [-0.2, -0.15) is 0 Å². The summed E-state index contributed by atoms with van der Waals surface area (Å²) in [5.74, 6) is 1.53. The van der Waals surface area contributed by atoms with Crippen molar-refractivity contribution in [2.45, 2.75) is 34.2 Å². The number of methoxy groups -OCH3 is 1. The molecule has 1 unspecified atom stereocenters. The summed E-state index contributed by atoms with van der Waals surface area (Å²) < 4.78 is 7.19. The largest absolute Gasteiger partial charge is 0.383 e. The molecule has 4 nitrogen and oxygen atoms in total. The number of ether oxygens (including phenoxy) is 1. The summed E-state index contributed by atoms with van der Waals surface area (Å²) in [5.41, 5.74) is 0.314. The molecule has 0 aliphatic rings. The van der Waals surface area contributed by atoms with E-state index in [1.165, 1.54) is 0 Å². The number of aromatic nitrogens is 2. The molecule has 17 heavy (non-hydrogen) atoms. The SMILES string of the molecule is COCCNc1nccn1CC(C)C(C)(C)C. The topological polar surface area (TPSA) is 39.1 Å². The Labute approximate surface area is 104 Å². The lowest BCUT2D eigenvalue weighted by Gasteiger charge is -2.28. The molecule has 0 aromatic carbocycles. The van der Waals surface area contributed by atoms with Crippen LogP contribution in [0.3, 0.4) is 0 Å². The first-order valence-corrected chi connectivity index (χ1v) is 6.19. The highest BCUT2D eigenvalue weighted by Gasteiger charge is 2.20. The van der Waals surface area contributed by atoms with Crippen LogP contribution in [0.15, 0.2) is 12.4 Å². The van der Waals surface area contributed by atoms with Crippen molar-refractivity contribution < 1.29 is 4.74 Å². The molecule has 1 N–H and O–H groups in total. The Morgan fingerprint density at radius 3 is 2.76 bits per heavy atom. The molecule has 1 aromatic heterocycles. The zero-order chi connectivity index (χ0) is 12.9. The molecule has 98 valence electrons. The minimum absolute atomic E-state index is 0.314. The molecule has 0 amide bonds. The van der Waals surface area contributed by atoms with Gasteiger partial charge in [-0.25, -0.2) is 4.98 Å². The molecule has 0 bridgehead atoms. The van der Waals surface area contributed by atoms with Crippen LogP contribution in [0.1, 0.15) is 27.7 Å². The maximum absolute atomic E-state index is 5.02. The van der Waals surface area contributed by atoms with Gasteiger partial charge >= 0.3 is 0 Å². The summed E-state index contributed by atoms with van der Waals surface area (Å²) in [6.07, 6.45) is 3.86. The van der Waals surface area contributed by atoms with E-state index < -0.39 is 0 Å². The molecule has 4 heteroatoms. The zero-order valence-corrected chi connectivity index (χ0v) is 11.7. The van der Waals surface area contributed by atoms with Crippen molar-refractivity contribution in [2.75, 3.05) is 25.6 Å². The van der Waals surface area contributed by atoms with E-state index in [-0.39, 0.29) is 0 Å². The van der Waals surface area contributed by atoms with Gasteiger partial charge in [-0.05, 0) is 11.3 Å². The molecule has 1 atom stereocenters. The van der Waals surface area contributed by atoms with E-state index >= 15 is 0 Å². The molecule has 0 radical (unpaired) electrons. The van der Waals surface area contributed by atoms with Gasteiger partial charge in [-0.3, -0.25) is 0 Å². The predicted molar refractivity (Wildman–Crippen MR) is 71.2 cm³/mol. The highest BCUT2D eigenvalue weighted by molar-refractivity contribution is 5.25. The number of hydrogen-bond donors (Lipinski definition) is 1. The van der Waals surface area contributed by atoms with Crippen LogP contribution in [-0.4, -0.2) is 29.8 Å². The van der Waals surface area contributed by atoms with Gasteiger partial charge in [0, 0.05) is 32.6 Å². The summed E-state index contributed by atoms with van der Waals surface area (Å²) in [6.45, 7) is 11.6. The Bertz CT molecular complexity index is 328. The predicted octanol–water partition coefficient (Wildman–Crippen LogP) is 2.62. The number of anilines is 1. The van der Waals surface area contributed by atoms with Crippen LogP contribution in [0, 0.1) is 11.3 Å². The maximum atomic E-state index is 5.02. The number of imidazole rings is 1. The second-order valence-electron chi connectivity index (χ2n) is 5.59. The van der Waals surface area contributed by atoms with Gasteiger partial charge in [-0.1, -0.05) is 27.7 Å². The van der Waals surface area contributed by atoms with Crippen LogP contribution in [-0.2, 0) is 11.3 Å². The third-order valence-corrected chi connectivity index (χ3v) is 3.25. The lowest BCUT2D eigenvalue weighted by molar-refractivity contribution is 0.210. The second-order valence-corrected chi connectivity index (χ2v) is 5.59. The minimum atomic E-state index is 0.314. The quantitative estimate of drug-likeness (QED) is 0.776. The maximum Gasteiger partial charge on any atom is 0.202 e. The number of rotatable bonds is 6. The highest BCUT2D eigenvalue weighted by atomic mass is 16.5. The van der Waals surface area contributed by atoms with Crippen molar-refractivity contribution in [1.82, 2.24) is 9.55 Å². The van der Waals surface area contributed by atoms with Crippen molar-refractivity contribution in [1.29, 1.82) is 0 Å². The van der Waals surface area contributed by atoms with E-state index in [0.29, 0.717) is 17.9 Å². The van der Waals surface area contributed by atoms with Crippen LogP contribution in [0.4, 0.5) is 5.95 Å². The smallest absolute Gasteiger partial charge is 0.202 e. The van der Waals surface area contributed by atoms with Crippen LogP contribution >= 0.6 is 0 Å². The molecule has 0 spiro atoms. The first-order valence-electron chi connectivity index (χ1n) is 6.19. The average molecular weight is 239 g/mol. The molecule has 0 saturated heterocycles. The third kappa shape index (κ3) is 4.38. The Kier molecular flexibility index (Phi) is 5.00. The monoisotopic (exact) mass is 239 g/mol. The molecule has 0 saturated carbocycles. The van der Waals surface area contributed by atoms with Gasteiger partial charge < -0.3 is 14.6 Å². The third-order valence-electron chi connectivity index (χ3n) is 3.25. The van der Waals surface area contributed by atoms with E-state index in [2.05, 4.69) is 42.6 Å². The fourth-order valence-electron chi connectivity index (χ4n) is 1.46. The van der Waals surface area contributed by atoms with E-state index in [1.54, 1.807) is 7.11 Å².